The van der Waals surface area contributed by atoms with Crippen LogP contribution in [0.2, 0.25) is 0 Å². The summed E-state index contributed by atoms with van der Waals surface area (Å²) in [5, 5.41) is 21.4. The quantitative estimate of drug-likeness (QED) is 0.335. The fourth-order valence-corrected chi connectivity index (χ4v) is 3.30. The Kier molecular flexibility index (Phi) is 8.69. The number of rotatable bonds is 10. The maximum atomic E-state index is 10.6. The molecule has 7 heteroatoms. The number of nitrogens with one attached hydrogen (secondary N) is 2. The Morgan fingerprint density at radius 2 is 1.91 bits per heavy atom. The SMILES string of the molecule is CCNC(=NCc1cccc(Cn2cccn2)c1)NCC(O)c1cccc(OC(C)C)c1. The Morgan fingerprint density at radius 3 is 2.66 bits per heavy atom. The van der Waals surface area contributed by atoms with Gasteiger partial charge in [-0.2, -0.15) is 5.10 Å². The highest BCUT2D eigenvalue weighted by Crippen LogP contribution is 2.20. The van der Waals surface area contributed by atoms with Gasteiger partial charge < -0.3 is 20.5 Å². The van der Waals surface area contributed by atoms with E-state index in [1.54, 1.807) is 6.20 Å². The van der Waals surface area contributed by atoms with Crippen molar-refractivity contribution in [3.8, 4) is 5.75 Å². The van der Waals surface area contributed by atoms with Crippen LogP contribution in [0.4, 0.5) is 0 Å². The average molecular weight is 436 g/mol. The minimum absolute atomic E-state index is 0.0889. The van der Waals surface area contributed by atoms with Gasteiger partial charge in [0.2, 0.25) is 0 Å². The van der Waals surface area contributed by atoms with Crippen LogP contribution in [0.1, 0.15) is 43.6 Å². The second kappa shape index (κ2) is 11.9. The van der Waals surface area contributed by atoms with E-state index in [1.807, 2.05) is 68.0 Å². The second-order valence-corrected chi connectivity index (χ2v) is 7.85. The molecule has 0 saturated carbocycles. The molecule has 0 radical (unpaired) electrons. The van der Waals surface area contributed by atoms with E-state index in [0.29, 0.717) is 19.0 Å². The molecule has 1 heterocycles. The summed E-state index contributed by atoms with van der Waals surface area (Å²) in [5.41, 5.74) is 3.10. The standard InChI is InChI=1S/C25H33N5O2/c1-4-26-25(28-17-24(31)22-10-6-11-23(15-22)32-19(2)3)27-16-20-8-5-9-21(14-20)18-30-13-7-12-29-30/h5-15,19,24,31H,4,16-18H2,1-3H3,(H2,26,27,28). The zero-order valence-corrected chi connectivity index (χ0v) is 19.0. The maximum absolute atomic E-state index is 10.6. The highest BCUT2D eigenvalue weighted by atomic mass is 16.5. The lowest BCUT2D eigenvalue weighted by atomic mass is 10.1. The molecule has 32 heavy (non-hydrogen) atoms. The van der Waals surface area contributed by atoms with Gasteiger partial charge in [-0.3, -0.25) is 4.68 Å². The molecule has 0 aliphatic carbocycles. The smallest absolute Gasteiger partial charge is 0.191 e. The van der Waals surface area contributed by atoms with Crippen LogP contribution in [-0.2, 0) is 13.1 Å². The van der Waals surface area contributed by atoms with E-state index in [0.717, 1.165) is 30.0 Å². The number of aliphatic hydroxyl groups is 1. The molecule has 1 unspecified atom stereocenters. The summed E-state index contributed by atoms with van der Waals surface area (Å²) in [5.74, 6) is 1.42. The molecule has 0 aliphatic heterocycles. The van der Waals surface area contributed by atoms with Crippen molar-refractivity contribution in [2.75, 3.05) is 13.1 Å². The van der Waals surface area contributed by atoms with Gasteiger partial charge in [0.15, 0.2) is 5.96 Å². The van der Waals surface area contributed by atoms with Crippen molar-refractivity contribution in [1.82, 2.24) is 20.4 Å². The lowest BCUT2D eigenvalue weighted by Crippen LogP contribution is -2.39. The van der Waals surface area contributed by atoms with Crippen LogP contribution in [0.5, 0.6) is 5.75 Å². The van der Waals surface area contributed by atoms with Crippen LogP contribution in [0.25, 0.3) is 0 Å². The fourth-order valence-electron chi connectivity index (χ4n) is 3.30. The third kappa shape index (κ3) is 7.42. The first kappa shape index (κ1) is 23.3. The number of hydrogen-bond acceptors (Lipinski definition) is 4. The molecule has 0 bridgehead atoms. The first-order valence-corrected chi connectivity index (χ1v) is 11.1. The van der Waals surface area contributed by atoms with Crippen LogP contribution >= 0.6 is 0 Å². The molecule has 1 atom stereocenters. The molecule has 2 aromatic carbocycles. The van der Waals surface area contributed by atoms with Crippen molar-refractivity contribution in [2.45, 2.75) is 46.1 Å². The van der Waals surface area contributed by atoms with Crippen LogP contribution in [-0.4, -0.2) is 40.0 Å². The van der Waals surface area contributed by atoms with E-state index in [1.165, 1.54) is 5.56 Å². The average Bonchev–Trinajstić information content (AvgIpc) is 3.28. The van der Waals surface area contributed by atoms with Crippen molar-refractivity contribution in [3.05, 3.63) is 83.7 Å². The van der Waals surface area contributed by atoms with Crippen molar-refractivity contribution < 1.29 is 9.84 Å². The normalized spacial score (nSPS) is 12.6. The first-order chi connectivity index (χ1) is 15.5. The molecule has 3 N–H and O–H groups in total. The molecule has 0 saturated heterocycles. The zero-order chi connectivity index (χ0) is 22.8. The highest BCUT2D eigenvalue weighted by Gasteiger charge is 2.10. The number of guanidine groups is 1. The van der Waals surface area contributed by atoms with Crippen molar-refractivity contribution >= 4 is 5.96 Å². The summed E-state index contributed by atoms with van der Waals surface area (Å²) in [6.45, 7) is 8.33. The van der Waals surface area contributed by atoms with E-state index in [-0.39, 0.29) is 6.10 Å². The molecule has 3 aromatic rings. The van der Waals surface area contributed by atoms with Crippen LogP contribution < -0.4 is 15.4 Å². The van der Waals surface area contributed by atoms with Gasteiger partial charge in [-0.1, -0.05) is 36.4 Å². The van der Waals surface area contributed by atoms with Gasteiger partial charge >= 0.3 is 0 Å². The number of ether oxygens (including phenoxy) is 1. The summed E-state index contributed by atoms with van der Waals surface area (Å²) < 4.78 is 7.63. The lowest BCUT2D eigenvalue weighted by molar-refractivity contribution is 0.179. The van der Waals surface area contributed by atoms with E-state index in [9.17, 15) is 5.11 Å². The molecule has 0 fully saturated rings. The molecular formula is C25H33N5O2. The van der Waals surface area contributed by atoms with E-state index >= 15 is 0 Å². The number of benzene rings is 2. The maximum Gasteiger partial charge on any atom is 0.191 e. The summed E-state index contributed by atoms with van der Waals surface area (Å²) >= 11 is 0. The number of nitrogens with zero attached hydrogens (tertiary/aromatic N) is 3. The molecule has 1 aromatic heterocycles. The summed E-state index contributed by atoms with van der Waals surface area (Å²) in [7, 11) is 0. The Balaban J connectivity index is 1.59. The first-order valence-electron chi connectivity index (χ1n) is 11.1. The number of aromatic nitrogens is 2. The summed E-state index contributed by atoms with van der Waals surface area (Å²) in [4.78, 5) is 4.68. The van der Waals surface area contributed by atoms with Crippen molar-refractivity contribution in [2.24, 2.45) is 4.99 Å². The molecule has 7 nitrogen and oxygen atoms in total. The van der Waals surface area contributed by atoms with Crippen LogP contribution in [0.15, 0.2) is 72.0 Å². The number of aliphatic hydroxyl groups excluding tert-OH is 1. The van der Waals surface area contributed by atoms with E-state index < -0.39 is 6.10 Å². The zero-order valence-electron chi connectivity index (χ0n) is 19.0. The molecule has 0 amide bonds. The third-order valence-electron chi connectivity index (χ3n) is 4.74. The summed E-state index contributed by atoms with van der Waals surface area (Å²) in [6.07, 6.45) is 3.15. The topological polar surface area (TPSA) is 83.7 Å². The number of hydrogen-bond donors (Lipinski definition) is 3. The molecular weight excluding hydrogens is 402 g/mol. The Morgan fingerprint density at radius 1 is 1.09 bits per heavy atom. The molecule has 0 aliphatic rings. The van der Waals surface area contributed by atoms with Gasteiger partial charge in [0.1, 0.15) is 5.75 Å². The number of aliphatic imine (C=N–C) groups is 1. The Hall–Kier alpha value is -3.32. The molecule has 3 rings (SSSR count). The van der Waals surface area contributed by atoms with Gasteiger partial charge in [0.05, 0.1) is 25.3 Å². The predicted molar refractivity (Wildman–Crippen MR) is 128 cm³/mol. The lowest BCUT2D eigenvalue weighted by Gasteiger charge is -2.17. The monoisotopic (exact) mass is 435 g/mol. The predicted octanol–water partition coefficient (Wildman–Crippen LogP) is 3.51. The van der Waals surface area contributed by atoms with Crippen molar-refractivity contribution in [1.29, 1.82) is 0 Å². The minimum atomic E-state index is -0.674. The van der Waals surface area contributed by atoms with Crippen molar-refractivity contribution in [3.63, 3.8) is 0 Å². The van der Waals surface area contributed by atoms with Gasteiger partial charge in [0, 0.05) is 25.5 Å². The van der Waals surface area contributed by atoms with Gasteiger partial charge in [-0.05, 0) is 55.7 Å². The molecule has 170 valence electrons. The summed E-state index contributed by atoms with van der Waals surface area (Å²) in [6, 6.07) is 17.8. The van der Waals surface area contributed by atoms with E-state index in [2.05, 4.69) is 38.9 Å². The molecule has 0 spiro atoms. The Labute approximate surface area is 190 Å². The van der Waals surface area contributed by atoms with Crippen LogP contribution in [0.3, 0.4) is 0 Å². The Bertz CT molecular complexity index is 986. The van der Waals surface area contributed by atoms with Crippen LogP contribution in [0, 0.1) is 0 Å². The van der Waals surface area contributed by atoms with Gasteiger partial charge in [-0.15, -0.1) is 0 Å². The minimum Gasteiger partial charge on any atom is -0.491 e. The highest BCUT2D eigenvalue weighted by molar-refractivity contribution is 5.79. The largest absolute Gasteiger partial charge is 0.491 e. The fraction of sp³-hybridized carbons (Fsp3) is 0.360. The third-order valence-corrected chi connectivity index (χ3v) is 4.74. The second-order valence-electron chi connectivity index (χ2n) is 7.85. The van der Waals surface area contributed by atoms with Gasteiger partial charge in [-0.25, -0.2) is 4.99 Å². The van der Waals surface area contributed by atoms with Gasteiger partial charge in [0.25, 0.3) is 0 Å². The van der Waals surface area contributed by atoms with E-state index in [4.69, 9.17) is 4.74 Å².